The highest BCUT2D eigenvalue weighted by Gasteiger charge is 2.14. The Morgan fingerprint density at radius 2 is 2.07 bits per heavy atom. The zero-order valence-corrected chi connectivity index (χ0v) is 15.6. The van der Waals surface area contributed by atoms with E-state index in [1.807, 2.05) is 19.1 Å². The molecule has 0 saturated heterocycles. The highest BCUT2D eigenvalue weighted by atomic mass is 16.1. The molecule has 2 N–H and O–H groups in total. The highest BCUT2D eigenvalue weighted by molar-refractivity contribution is 5.56. The number of H-pyrrole nitrogens is 1. The number of aryl methyl sites for hydroxylation is 2. The first kappa shape index (κ1) is 17.4. The van der Waals surface area contributed by atoms with E-state index in [0.717, 1.165) is 41.7 Å². The average molecular weight is 365 g/mol. The van der Waals surface area contributed by atoms with Gasteiger partial charge in [-0.3, -0.25) is 4.79 Å². The lowest BCUT2D eigenvalue weighted by Gasteiger charge is -2.09. The van der Waals surface area contributed by atoms with Gasteiger partial charge in [-0.25, -0.2) is 9.97 Å². The maximum atomic E-state index is 11.9. The van der Waals surface area contributed by atoms with E-state index in [9.17, 15) is 4.79 Å². The maximum Gasteiger partial charge on any atom is 0.254 e. The van der Waals surface area contributed by atoms with Gasteiger partial charge >= 0.3 is 0 Å². The summed E-state index contributed by atoms with van der Waals surface area (Å²) in [5, 5.41) is 11.9. The van der Waals surface area contributed by atoms with E-state index in [4.69, 9.17) is 0 Å². The number of fused-ring (bicyclic) bond motifs is 1. The van der Waals surface area contributed by atoms with Crippen molar-refractivity contribution in [3.05, 3.63) is 51.6 Å². The fourth-order valence-electron chi connectivity index (χ4n) is 3.27. The quantitative estimate of drug-likeness (QED) is 0.736. The Morgan fingerprint density at radius 1 is 1.19 bits per heavy atom. The van der Waals surface area contributed by atoms with Crippen molar-refractivity contribution in [2.75, 3.05) is 5.32 Å². The van der Waals surface area contributed by atoms with Crippen LogP contribution in [0.3, 0.4) is 0 Å². The van der Waals surface area contributed by atoms with E-state index >= 15 is 0 Å². The lowest BCUT2D eigenvalue weighted by molar-refractivity contribution is 0.610. The number of aromatic nitrogens is 6. The second kappa shape index (κ2) is 7.30. The van der Waals surface area contributed by atoms with Crippen molar-refractivity contribution in [3.8, 4) is 11.4 Å². The molecule has 3 aromatic rings. The predicted molar refractivity (Wildman–Crippen MR) is 102 cm³/mol. The Hall–Kier alpha value is -3.03. The van der Waals surface area contributed by atoms with Crippen LogP contribution in [0.15, 0.2) is 23.1 Å². The van der Waals surface area contributed by atoms with Gasteiger partial charge in [-0.15, -0.1) is 10.2 Å². The van der Waals surface area contributed by atoms with Crippen LogP contribution in [0.2, 0.25) is 0 Å². The van der Waals surface area contributed by atoms with Gasteiger partial charge in [-0.05, 0) is 38.8 Å². The summed E-state index contributed by atoms with van der Waals surface area (Å²) in [4.78, 5) is 23.6. The Morgan fingerprint density at radius 3 is 2.85 bits per heavy atom. The average Bonchev–Trinajstić information content (AvgIpc) is 2.90. The van der Waals surface area contributed by atoms with Crippen molar-refractivity contribution in [1.82, 2.24) is 29.7 Å². The molecule has 8 nitrogen and oxygen atoms in total. The van der Waals surface area contributed by atoms with Gasteiger partial charge in [0, 0.05) is 36.0 Å². The van der Waals surface area contributed by atoms with Crippen LogP contribution in [-0.4, -0.2) is 29.7 Å². The SMILES string of the molecule is Cc1nc(-c2ccc(NCc3nnc4n3CCCCC4)nc2)[nH]c(=O)c1C. The summed E-state index contributed by atoms with van der Waals surface area (Å²) in [6.45, 7) is 5.16. The molecule has 27 heavy (non-hydrogen) atoms. The number of rotatable bonds is 4. The minimum atomic E-state index is -0.118. The molecule has 0 spiro atoms. The summed E-state index contributed by atoms with van der Waals surface area (Å²) in [5.41, 5.74) is 2.02. The van der Waals surface area contributed by atoms with Crippen molar-refractivity contribution < 1.29 is 0 Å². The first-order chi connectivity index (χ1) is 13.1. The lowest BCUT2D eigenvalue weighted by Crippen LogP contribution is -2.14. The van der Waals surface area contributed by atoms with Gasteiger partial charge in [0.05, 0.1) is 6.54 Å². The number of nitrogens with one attached hydrogen (secondary N) is 2. The number of hydrogen-bond donors (Lipinski definition) is 2. The maximum absolute atomic E-state index is 11.9. The summed E-state index contributed by atoms with van der Waals surface area (Å²) in [5.74, 6) is 3.30. The number of pyridine rings is 1. The van der Waals surface area contributed by atoms with Crippen LogP contribution in [0.1, 0.15) is 42.2 Å². The zero-order chi connectivity index (χ0) is 18.8. The van der Waals surface area contributed by atoms with Gasteiger partial charge in [-0.2, -0.15) is 0 Å². The van der Waals surface area contributed by atoms with Crippen LogP contribution in [-0.2, 0) is 19.5 Å². The molecule has 8 heteroatoms. The Bertz CT molecular complexity index is 1000. The fourth-order valence-corrected chi connectivity index (χ4v) is 3.27. The van der Waals surface area contributed by atoms with Crippen molar-refractivity contribution in [2.45, 2.75) is 52.6 Å². The van der Waals surface area contributed by atoms with Gasteiger partial charge in [0.2, 0.25) is 0 Å². The number of aromatic amines is 1. The van der Waals surface area contributed by atoms with Crippen LogP contribution in [0.4, 0.5) is 5.82 Å². The number of nitrogens with zero attached hydrogens (tertiary/aromatic N) is 5. The first-order valence-electron chi connectivity index (χ1n) is 9.30. The van der Waals surface area contributed by atoms with Crippen LogP contribution in [0.25, 0.3) is 11.4 Å². The fraction of sp³-hybridized carbons (Fsp3) is 0.421. The second-order valence-corrected chi connectivity index (χ2v) is 6.91. The molecule has 0 bridgehead atoms. The van der Waals surface area contributed by atoms with Gasteiger partial charge in [0.15, 0.2) is 5.82 Å². The molecule has 1 aliphatic rings. The molecule has 4 heterocycles. The van der Waals surface area contributed by atoms with E-state index in [0.29, 0.717) is 17.9 Å². The third-order valence-corrected chi connectivity index (χ3v) is 5.05. The molecule has 0 aliphatic carbocycles. The van der Waals surface area contributed by atoms with E-state index in [-0.39, 0.29) is 5.56 Å². The molecule has 3 aromatic heterocycles. The Kier molecular flexibility index (Phi) is 4.70. The van der Waals surface area contributed by atoms with Crippen LogP contribution >= 0.6 is 0 Å². The zero-order valence-electron chi connectivity index (χ0n) is 15.6. The molecular weight excluding hydrogens is 342 g/mol. The highest BCUT2D eigenvalue weighted by Crippen LogP contribution is 2.17. The lowest BCUT2D eigenvalue weighted by atomic mass is 10.2. The Labute approximate surface area is 157 Å². The molecule has 0 atom stereocenters. The first-order valence-corrected chi connectivity index (χ1v) is 9.30. The molecule has 0 fully saturated rings. The molecule has 0 radical (unpaired) electrons. The van der Waals surface area contributed by atoms with Crippen LogP contribution in [0, 0.1) is 13.8 Å². The number of anilines is 1. The molecular formula is C19H23N7O. The minimum absolute atomic E-state index is 0.118. The van der Waals surface area contributed by atoms with E-state index in [1.165, 1.54) is 19.3 Å². The third-order valence-electron chi connectivity index (χ3n) is 5.05. The monoisotopic (exact) mass is 365 g/mol. The number of hydrogen-bond acceptors (Lipinski definition) is 6. The summed E-state index contributed by atoms with van der Waals surface area (Å²) in [7, 11) is 0. The molecule has 0 unspecified atom stereocenters. The summed E-state index contributed by atoms with van der Waals surface area (Å²) in [6, 6.07) is 3.77. The molecule has 0 amide bonds. The van der Waals surface area contributed by atoms with Crippen LogP contribution in [0.5, 0.6) is 0 Å². The molecule has 4 rings (SSSR count). The molecule has 1 aliphatic heterocycles. The Balaban J connectivity index is 1.47. The third kappa shape index (κ3) is 3.60. The topological polar surface area (TPSA) is 101 Å². The van der Waals surface area contributed by atoms with Gasteiger partial charge < -0.3 is 14.9 Å². The predicted octanol–water partition coefficient (Wildman–Crippen LogP) is 2.38. The normalized spacial score (nSPS) is 13.9. The van der Waals surface area contributed by atoms with Crippen molar-refractivity contribution in [1.29, 1.82) is 0 Å². The smallest absolute Gasteiger partial charge is 0.254 e. The van der Waals surface area contributed by atoms with E-state index < -0.39 is 0 Å². The summed E-state index contributed by atoms with van der Waals surface area (Å²) >= 11 is 0. The van der Waals surface area contributed by atoms with Crippen molar-refractivity contribution in [2.24, 2.45) is 0 Å². The van der Waals surface area contributed by atoms with Crippen molar-refractivity contribution in [3.63, 3.8) is 0 Å². The van der Waals surface area contributed by atoms with Gasteiger partial charge in [0.25, 0.3) is 5.56 Å². The van der Waals surface area contributed by atoms with E-state index in [1.54, 1.807) is 13.1 Å². The van der Waals surface area contributed by atoms with Gasteiger partial charge in [-0.1, -0.05) is 6.42 Å². The van der Waals surface area contributed by atoms with Crippen LogP contribution < -0.4 is 10.9 Å². The van der Waals surface area contributed by atoms with Crippen molar-refractivity contribution >= 4 is 5.82 Å². The molecule has 140 valence electrons. The summed E-state index contributed by atoms with van der Waals surface area (Å²) in [6.07, 6.45) is 6.31. The van der Waals surface area contributed by atoms with Gasteiger partial charge in [0.1, 0.15) is 17.5 Å². The standard InChI is InChI=1S/C19H23N7O/c1-12-13(2)22-18(23-19(12)27)14-7-8-15(20-10-14)21-11-17-25-24-16-6-4-3-5-9-26(16)17/h7-8,10H,3-6,9,11H2,1-2H3,(H,20,21)(H,22,23,27). The largest absolute Gasteiger partial charge is 0.363 e. The molecule has 0 aromatic carbocycles. The van der Waals surface area contributed by atoms with E-state index in [2.05, 4.69) is 35.0 Å². The minimum Gasteiger partial charge on any atom is -0.363 e. The summed E-state index contributed by atoms with van der Waals surface area (Å²) < 4.78 is 2.22. The second-order valence-electron chi connectivity index (χ2n) is 6.91. The molecule has 0 saturated carbocycles.